The fourth-order valence-corrected chi connectivity index (χ4v) is 0.586. The van der Waals surface area contributed by atoms with E-state index in [-0.39, 0.29) is 24.6 Å². The number of hydrogen-bond donors (Lipinski definition) is 0. The third-order valence-corrected chi connectivity index (χ3v) is 1.22. The molecule has 0 aromatic heterocycles. The van der Waals surface area contributed by atoms with Gasteiger partial charge in [0.15, 0.2) is 5.78 Å². The zero-order valence-corrected chi connectivity index (χ0v) is 7.08. The van der Waals surface area contributed by atoms with Crippen molar-refractivity contribution in [2.24, 2.45) is 0 Å². The number of hydrogen-bond acceptors (Lipinski definition) is 3. The van der Waals surface area contributed by atoms with Crippen molar-refractivity contribution in [3.8, 4) is 0 Å². The summed E-state index contributed by atoms with van der Waals surface area (Å²) >= 11 is 0. The van der Waals surface area contributed by atoms with Crippen molar-refractivity contribution in [3.63, 3.8) is 0 Å². The molecule has 0 saturated carbocycles. The summed E-state index contributed by atoms with van der Waals surface area (Å²) in [4.78, 5) is 21.5. The molecule has 0 unspecified atom stereocenters. The second-order valence-electron chi connectivity index (χ2n) is 2.14. The van der Waals surface area contributed by atoms with E-state index in [0.29, 0.717) is 0 Å². The van der Waals surface area contributed by atoms with Crippen LogP contribution in [0.5, 0.6) is 0 Å². The summed E-state index contributed by atoms with van der Waals surface area (Å²) in [5.74, 6) is -0.462. The number of methoxy groups -OCH3 is 1. The van der Waals surface area contributed by atoms with Crippen LogP contribution in [0, 0.1) is 0 Å². The molecule has 0 aromatic carbocycles. The summed E-state index contributed by atoms with van der Waals surface area (Å²) in [6.07, 6.45) is 4.76. The first-order chi connectivity index (χ1) is 5.70. The molecule has 0 amide bonds. The Balaban J connectivity index is 3.64. The first-order valence-electron chi connectivity index (χ1n) is 3.59. The number of carbonyl (C=O) groups excluding carboxylic acids is 2. The second-order valence-corrected chi connectivity index (χ2v) is 2.14. The summed E-state index contributed by atoms with van der Waals surface area (Å²) in [6, 6.07) is 0. The minimum Gasteiger partial charge on any atom is -0.469 e. The zero-order chi connectivity index (χ0) is 9.40. The van der Waals surface area contributed by atoms with E-state index >= 15 is 0 Å². The lowest BCUT2D eigenvalue weighted by molar-refractivity contribution is -0.141. The quantitative estimate of drug-likeness (QED) is 0.352. The number of esters is 1. The van der Waals surface area contributed by atoms with Gasteiger partial charge in [0.25, 0.3) is 0 Å². The molecule has 0 bridgehead atoms. The van der Waals surface area contributed by atoms with Crippen molar-refractivity contribution in [2.45, 2.75) is 12.8 Å². The molecule has 66 valence electrons. The van der Waals surface area contributed by atoms with Crippen LogP contribution in [0.4, 0.5) is 0 Å². The number of allylic oxidation sites excluding steroid dienone is 3. The molecule has 0 aliphatic rings. The molecule has 0 aromatic rings. The Hall–Kier alpha value is -1.38. The molecule has 0 atom stereocenters. The highest BCUT2D eigenvalue weighted by molar-refractivity contribution is 5.91. The first kappa shape index (κ1) is 10.6. The molecule has 0 spiro atoms. The molecule has 0 saturated heterocycles. The van der Waals surface area contributed by atoms with Crippen molar-refractivity contribution in [1.82, 2.24) is 0 Å². The molecule has 0 aliphatic heterocycles. The zero-order valence-electron chi connectivity index (χ0n) is 7.08. The molecule has 0 fully saturated rings. The molecule has 0 rings (SSSR count). The third-order valence-electron chi connectivity index (χ3n) is 1.22. The van der Waals surface area contributed by atoms with Gasteiger partial charge in [0.1, 0.15) is 0 Å². The van der Waals surface area contributed by atoms with Crippen molar-refractivity contribution >= 4 is 11.8 Å². The van der Waals surface area contributed by atoms with E-state index in [1.54, 1.807) is 6.08 Å². The normalized spacial score (nSPS) is 9.75. The molecule has 0 heterocycles. The van der Waals surface area contributed by atoms with Gasteiger partial charge in [-0.3, -0.25) is 9.59 Å². The molecule has 3 nitrogen and oxygen atoms in total. The van der Waals surface area contributed by atoms with E-state index in [1.165, 1.54) is 19.3 Å². The topological polar surface area (TPSA) is 43.4 Å². The lowest BCUT2D eigenvalue weighted by atomic mass is 10.2. The minimum atomic E-state index is -0.365. The van der Waals surface area contributed by atoms with Crippen LogP contribution in [0.25, 0.3) is 0 Å². The number of rotatable bonds is 5. The monoisotopic (exact) mass is 168 g/mol. The van der Waals surface area contributed by atoms with Crippen molar-refractivity contribution in [1.29, 1.82) is 0 Å². The molecular formula is C9H12O3. The Bertz CT molecular complexity index is 204. The highest BCUT2D eigenvalue weighted by atomic mass is 16.5. The van der Waals surface area contributed by atoms with Crippen LogP contribution in [0.1, 0.15) is 12.8 Å². The highest BCUT2D eigenvalue weighted by Gasteiger charge is 2.02. The number of carbonyl (C=O) groups is 2. The van der Waals surface area contributed by atoms with Crippen molar-refractivity contribution in [3.05, 3.63) is 24.8 Å². The van der Waals surface area contributed by atoms with E-state index in [2.05, 4.69) is 11.3 Å². The lowest BCUT2D eigenvalue weighted by Gasteiger charge is -1.94. The Labute approximate surface area is 71.7 Å². The maximum Gasteiger partial charge on any atom is 0.305 e. The van der Waals surface area contributed by atoms with Crippen LogP contribution >= 0.6 is 0 Å². The molecule has 0 N–H and O–H groups in total. The maximum absolute atomic E-state index is 10.9. The smallest absolute Gasteiger partial charge is 0.305 e. The van der Waals surface area contributed by atoms with E-state index in [4.69, 9.17) is 0 Å². The van der Waals surface area contributed by atoms with Crippen LogP contribution in [-0.2, 0) is 14.3 Å². The van der Waals surface area contributed by atoms with Gasteiger partial charge in [-0.25, -0.2) is 0 Å². The number of ketones is 1. The summed E-state index contributed by atoms with van der Waals surface area (Å²) in [6.45, 7) is 3.41. The van der Waals surface area contributed by atoms with Crippen LogP contribution in [0.2, 0.25) is 0 Å². The van der Waals surface area contributed by atoms with Gasteiger partial charge in [-0.2, -0.15) is 0 Å². The summed E-state index contributed by atoms with van der Waals surface area (Å²) in [7, 11) is 1.30. The third kappa shape index (κ3) is 5.41. The van der Waals surface area contributed by atoms with E-state index < -0.39 is 0 Å². The average molecular weight is 168 g/mol. The Morgan fingerprint density at radius 2 is 2.08 bits per heavy atom. The summed E-state index contributed by atoms with van der Waals surface area (Å²) in [5, 5.41) is 0. The lowest BCUT2D eigenvalue weighted by Crippen LogP contribution is -2.03. The Morgan fingerprint density at radius 3 is 2.58 bits per heavy atom. The van der Waals surface area contributed by atoms with E-state index in [1.807, 2.05) is 0 Å². The standard InChI is InChI=1S/C9H12O3/c1-3-4-5-8(10)6-7-9(11)12-2/h3-5H,1,6-7H2,2H3. The van der Waals surface area contributed by atoms with Crippen molar-refractivity contribution < 1.29 is 14.3 Å². The van der Waals surface area contributed by atoms with Gasteiger partial charge < -0.3 is 4.74 Å². The average Bonchev–Trinajstić information content (AvgIpc) is 2.10. The number of ether oxygens (including phenoxy) is 1. The predicted molar refractivity (Wildman–Crippen MR) is 45.6 cm³/mol. The molecule has 12 heavy (non-hydrogen) atoms. The van der Waals surface area contributed by atoms with E-state index in [9.17, 15) is 9.59 Å². The van der Waals surface area contributed by atoms with Gasteiger partial charge in [-0.15, -0.1) is 0 Å². The molecular weight excluding hydrogens is 156 g/mol. The van der Waals surface area contributed by atoms with Gasteiger partial charge in [0.05, 0.1) is 13.5 Å². The SMILES string of the molecule is C=CC=CC(=O)CCC(=O)OC. The van der Waals surface area contributed by atoms with Crippen LogP contribution < -0.4 is 0 Å². The van der Waals surface area contributed by atoms with Gasteiger partial charge in [0, 0.05) is 6.42 Å². The largest absolute Gasteiger partial charge is 0.469 e. The fraction of sp³-hybridized carbons (Fsp3) is 0.333. The van der Waals surface area contributed by atoms with Gasteiger partial charge in [-0.05, 0) is 6.08 Å². The second kappa shape index (κ2) is 6.34. The van der Waals surface area contributed by atoms with Crippen molar-refractivity contribution in [2.75, 3.05) is 7.11 Å². The van der Waals surface area contributed by atoms with E-state index in [0.717, 1.165) is 0 Å². The van der Waals surface area contributed by atoms with Gasteiger partial charge in [0.2, 0.25) is 0 Å². The van der Waals surface area contributed by atoms with Crippen LogP contribution in [-0.4, -0.2) is 18.9 Å². The highest BCUT2D eigenvalue weighted by Crippen LogP contribution is 1.94. The Morgan fingerprint density at radius 1 is 1.42 bits per heavy atom. The Kier molecular flexibility index (Phi) is 5.61. The molecule has 0 aliphatic carbocycles. The summed E-state index contributed by atoms with van der Waals surface area (Å²) in [5.41, 5.74) is 0. The summed E-state index contributed by atoms with van der Waals surface area (Å²) < 4.78 is 4.37. The minimum absolute atomic E-state index is 0.0969. The van der Waals surface area contributed by atoms with Crippen LogP contribution in [0.15, 0.2) is 24.8 Å². The van der Waals surface area contributed by atoms with Crippen LogP contribution in [0.3, 0.4) is 0 Å². The predicted octanol–water partition coefficient (Wildman–Crippen LogP) is 1.25. The van der Waals surface area contributed by atoms with Gasteiger partial charge >= 0.3 is 5.97 Å². The maximum atomic E-state index is 10.9. The molecule has 3 heteroatoms. The van der Waals surface area contributed by atoms with Gasteiger partial charge in [-0.1, -0.05) is 18.7 Å². The first-order valence-corrected chi connectivity index (χ1v) is 3.59. The molecule has 0 radical (unpaired) electrons. The fourth-order valence-electron chi connectivity index (χ4n) is 0.586.